The predicted molar refractivity (Wildman–Crippen MR) is 85.1 cm³/mol. The zero-order chi connectivity index (χ0) is 14.3. The number of aromatic nitrogens is 1. The van der Waals surface area contributed by atoms with E-state index in [2.05, 4.69) is 48.1 Å². The number of thiazole rings is 1. The number of halogens is 1. The first-order valence-corrected chi connectivity index (χ1v) is 8.42. The lowest BCUT2D eigenvalue weighted by molar-refractivity contribution is 0.192. The standard InChI is InChI=1S/C14H26ClN3S/c1-5-13(14-16-12(10-15)11-19-14)18(6-2)9-7-8-17(3)4/h11,13H,5-10H2,1-4H3. The van der Waals surface area contributed by atoms with Crippen molar-refractivity contribution in [3.63, 3.8) is 0 Å². The molecule has 0 fully saturated rings. The molecule has 5 heteroatoms. The maximum absolute atomic E-state index is 5.85. The molecule has 0 N–H and O–H groups in total. The summed E-state index contributed by atoms with van der Waals surface area (Å²) in [5, 5.41) is 3.29. The van der Waals surface area contributed by atoms with Crippen LogP contribution in [0.1, 0.15) is 43.4 Å². The molecule has 1 heterocycles. The first-order valence-electron chi connectivity index (χ1n) is 7.01. The molecule has 1 aromatic heterocycles. The Morgan fingerprint density at radius 1 is 1.32 bits per heavy atom. The van der Waals surface area contributed by atoms with E-state index in [1.807, 2.05) is 0 Å². The van der Waals surface area contributed by atoms with Crippen LogP contribution in [0.5, 0.6) is 0 Å². The van der Waals surface area contributed by atoms with Gasteiger partial charge in [0.05, 0.1) is 17.6 Å². The summed E-state index contributed by atoms with van der Waals surface area (Å²) in [5.74, 6) is 0.514. The molecule has 0 aliphatic heterocycles. The molecular formula is C14H26ClN3S. The van der Waals surface area contributed by atoms with Crippen molar-refractivity contribution in [1.82, 2.24) is 14.8 Å². The molecule has 0 spiro atoms. The smallest absolute Gasteiger partial charge is 0.110 e. The highest BCUT2D eigenvalue weighted by Gasteiger charge is 2.20. The van der Waals surface area contributed by atoms with Crippen LogP contribution < -0.4 is 0 Å². The summed E-state index contributed by atoms with van der Waals surface area (Å²) in [7, 11) is 4.25. The molecule has 1 unspecified atom stereocenters. The molecule has 19 heavy (non-hydrogen) atoms. The van der Waals surface area contributed by atoms with Crippen LogP contribution in [0, 0.1) is 0 Å². The van der Waals surface area contributed by atoms with Crippen molar-refractivity contribution in [3.8, 4) is 0 Å². The normalized spacial score (nSPS) is 13.4. The number of rotatable bonds is 9. The molecule has 0 saturated carbocycles. The van der Waals surface area contributed by atoms with Gasteiger partial charge in [-0.2, -0.15) is 0 Å². The summed E-state index contributed by atoms with van der Waals surface area (Å²) in [6.07, 6.45) is 2.30. The van der Waals surface area contributed by atoms with Crippen molar-refractivity contribution in [2.75, 3.05) is 33.7 Å². The van der Waals surface area contributed by atoms with E-state index in [-0.39, 0.29) is 0 Å². The van der Waals surface area contributed by atoms with Gasteiger partial charge in [-0.25, -0.2) is 4.98 Å². The maximum Gasteiger partial charge on any atom is 0.110 e. The van der Waals surface area contributed by atoms with E-state index in [0.29, 0.717) is 11.9 Å². The summed E-state index contributed by atoms with van der Waals surface area (Å²) < 4.78 is 0. The van der Waals surface area contributed by atoms with Crippen LogP contribution in [0.3, 0.4) is 0 Å². The molecule has 0 bridgehead atoms. The molecule has 1 atom stereocenters. The fraction of sp³-hybridized carbons (Fsp3) is 0.786. The van der Waals surface area contributed by atoms with E-state index in [9.17, 15) is 0 Å². The van der Waals surface area contributed by atoms with Crippen molar-refractivity contribution in [3.05, 3.63) is 16.1 Å². The third kappa shape index (κ3) is 5.38. The minimum Gasteiger partial charge on any atom is -0.309 e. The first kappa shape index (κ1) is 16.9. The van der Waals surface area contributed by atoms with Crippen LogP contribution in [0.2, 0.25) is 0 Å². The number of alkyl halides is 1. The Morgan fingerprint density at radius 3 is 2.53 bits per heavy atom. The Labute approximate surface area is 126 Å². The average molecular weight is 304 g/mol. The molecule has 0 radical (unpaired) electrons. The summed E-state index contributed by atoms with van der Waals surface area (Å²) in [6, 6.07) is 0.439. The van der Waals surface area contributed by atoms with Crippen LogP contribution in [0.25, 0.3) is 0 Å². The summed E-state index contributed by atoms with van der Waals surface area (Å²) >= 11 is 7.59. The largest absolute Gasteiger partial charge is 0.309 e. The topological polar surface area (TPSA) is 19.4 Å². The van der Waals surface area contributed by atoms with Crippen LogP contribution in [-0.2, 0) is 5.88 Å². The molecule has 0 aliphatic rings. The Hall–Kier alpha value is -0.160. The van der Waals surface area contributed by atoms with Gasteiger partial charge in [-0.15, -0.1) is 22.9 Å². The summed E-state index contributed by atoms with van der Waals surface area (Å²) in [6.45, 7) is 7.80. The Balaban J connectivity index is 2.63. The zero-order valence-electron chi connectivity index (χ0n) is 12.5. The SMILES string of the molecule is CCC(c1nc(CCl)cs1)N(CC)CCCN(C)C. The van der Waals surface area contributed by atoms with Crippen LogP contribution in [0.4, 0.5) is 0 Å². The van der Waals surface area contributed by atoms with E-state index in [1.54, 1.807) is 11.3 Å². The maximum atomic E-state index is 5.85. The Kier molecular flexibility index (Phi) is 7.91. The fourth-order valence-electron chi connectivity index (χ4n) is 2.25. The van der Waals surface area contributed by atoms with Crippen molar-refractivity contribution in [2.24, 2.45) is 0 Å². The number of hydrogen-bond acceptors (Lipinski definition) is 4. The minimum atomic E-state index is 0.439. The van der Waals surface area contributed by atoms with Crippen LogP contribution in [-0.4, -0.2) is 48.5 Å². The molecule has 1 rings (SSSR count). The third-order valence-corrected chi connectivity index (χ3v) is 4.54. The van der Waals surface area contributed by atoms with Gasteiger partial charge in [0, 0.05) is 11.9 Å². The van der Waals surface area contributed by atoms with Gasteiger partial charge < -0.3 is 4.90 Å². The molecule has 3 nitrogen and oxygen atoms in total. The summed E-state index contributed by atoms with van der Waals surface area (Å²) in [5.41, 5.74) is 1.00. The predicted octanol–water partition coefficient (Wildman–Crippen LogP) is 3.61. The molecule has 1 aromatic rings. The van der Waals surface area contributed by atoms with Gasteiger partial charge in [0.1, 0.15) is 5.01 Å². The van der Waals surface area contributed by atoms with Crippen LogP contribution >= 0.6 is 22.9 Å². The van der Waals surface area contributed by atoms with Gasteiger partial charge in [0.2, 0.25) is 0 Å². The zero-order valence-corrected chi connectivity index (χ0v) is 14.1. The monoisotopic (exact) mass is 303 g/mol. The minimum absolute atomic E-state index is 0.439. The highest BCUT2D eigenvalue weighted by atomic mass is 35.5. The fourth-order valence-corrected chi connectivity index (χ4v) is 3.51. The van der Waals surface area contributed by atoms with Crippen molar-refractivity contribution in [2.45, 2.75) is 38.6 Å². The van der Waals surface area contributed by atoms with E-state index in [4.69, 9.17) is 11.6 Å². The Morgan fingerprint density at radius 2 is 2.05 bits per heavy atom. The summed E-state index contributed by atoms with van der Waals surface area (Å²) in [4.78, 5) is 9.41. The van der Waals surface area contributed by atoms with E-state index >= 15 is 0 Å². The van der Waals surface area contributed by atoms with Crippen molar-refractivity contribution < 1.29 is 0 Å². The quantitative estimate of drug-likeness (QED) is 0.650. The lowest BCUT2D eigenvalue weighted by Crippen LogP contribution is -2.31. The highest BCUT2D eigenvalue weighted by molar-refractivity contribution is 7.09. The number of nitrogens with zero attached hydrogens (tertiary/aromatic N) is 3. The Bertz CT molecular complexity index is 354. The molecule has 0 amide bonds. The van der Waals surface area contributed by atoms with E-state index in [0.717, 1.165) is 31.7 Å². The second-order valence-electron chi connectivity index (χ2n) is 5.02. The van der Waals surface area contributed by atoms with Crippen molar-refractivity contribution in [1.29, 1.82) is 0 Å². The molecular weight excluding hydrogens is 278 g/mol. The third-order valence-electron chi connectivity index (χ3n) is 3.28. The molecule has 0 aromatic carbocycles. The van der Waals surface area contributed by atoms with Crippen LogP contribution in [0.15, 0.2) is 5.38 Å². The van der Waals surface area contributed by atoms with Gasteiger partial charge >= 0.3 is 0 Å². The van der Waals surface area contributed by atoms with Gasteiger partial charge in [-0.3, -0.25) is 4.90 Å². The van der Waals surface area contributed by atoms with E-state index < -0.39 is 0 Å². The highest BCUT2D eigenvalue weighted by Crippen LogP contribution is 2.27. The lowest BCUT2D eigenvalue weighted by Gasteiger charge is -2.29. The van der Waals surface area contributed by atoms with Gasteiger partial charge in [0.15, 0.2) is 0 Å². The first-order chi connectivity index (χ1) is 9.12. The number of hydrogen-bond donors (Lipinski definition) is 0. The van der Waals surface area contributed by atoms with E-state index in [1.165, 1.54) is 11.4 Å². The van der Waals surface area contributed by atoms with Crippen molar-refractivity contribution >= 4 is 22.9 Å². The second-order valence-corrected chi connectivity index (χ2v) is 6.18. The lowest BCUT2D eigenvalue weighted by atomic mass is 10.2. The molecule has 110 valence electrons. The average Bonchev–Trinajstić information content (AvgIpc) is 2.86. The molecule has 0 saturated heterocycles. The van der Waals surface area contributed by atoms with Gasteiger partial charge in [0.25, 0.3) is 0 Å². The molecule has 0 aliphatic carbocycles. The van der Waals surface area contributed by atoms with Gasteiger partial charge in [-0.1, -0.05) is 13.8 Å². The second kappa shape index (κ2) is 8.90. The van der Waals surface area contributed by atoms with Gasteiger partial charge in [-0.05, 0) is 40.0 Å².